The Balaban J connectivity index is 1.97. The van der Waals surface area contributed by atoms with E-state index in [9.17, 15) is 0 Å². The molecular formula is C10H15N5S. The van der Waals surface area contributed by atoms with Gasteiger partial charge in [-0.25, -0.2) is 9.67 Å². The molecule has 2 aromatic heterocycles. The number of hydrogen-bond donors (Lipinski definition) is 1. The van der Waals surface area contributed by atoms with Gasteiger partial charge in [-0.2, -0.15) is 0 Å². The molecule has 1 N–H and O–H groups in total. The molecule has 0 aromatic carbocycles. The normalized spacial score (nSPS) is 10.9. The van der Waals surface area contributed by atoms with Gasteiger partial charge in [-0.05, 0) is 13.5 Å². The summed E-state index contributed by atoms with van der Waals surface area (Å²) in [5.41, 5.74) is 2.03. The second kappa shape index (κ2) is 5.18. The van der Waals surface area contributed by atoms with E-state index in [2.05, 4.69) is 27.5 Å². The van der Waals surface area contributed by atoms with Crippen LogP contribution in [0.1, 0.15) is 23.3 Å². The van der Waals surface area contributed by atoms with Crippen LogP contribution in [0.4, 0.5) is 0 Å². The van der Waals surface area contributed by atoms with E-state index in [1.54, 1.807) is 11.3 Å². The van der Waals surface area contributed by atoms with E-state index < -0.39 is 0 Å². The van der Waals surface area contributed by atoms with Crippen molar-refractivity contribution in [1.82, 2.24) is 25.3 Å². The van der Waals surface area contributed by atoms with Crippen LogP contribution in [0, 0.1) is 6.92 Å². The number of nitrogens with zero attached hydrogens (tertiary/aromatic N) is 4. The predicted octanol–water partition coefficient (Wildman–Crippen LogP) is 1.20. The second-order valence-electron chi connectivity index (χ2n) is 3.57. The minimum absolute atomic E-state index is 0.706. The molecule has 0 atom stereocenters. The zero-order valence-corrected chi connectivity index (χ0v) is 10.3. The van der Waals surface area contributed by atoms with E-state index in [1.807, 2.05) is 23.2 Å². The third-order valence-corrected chi connectivity index (χ3v) is 3.06. The zero-order chi connectivity index (χ0) is 11.4. The smallest absolute Gasteiger partial charge is 0.114 e. The van der Waals surface area contributed by atoms with Crippen LogP contribution in [-0.2, 0) is 13.1 Å². The molecule has 2 heterocycles. The first-order chi connectivity index (χ1) is 7.78. The largest absolute Gasteiger partial charge is 0.311 e. The SMILES string of the molecule is CCNCc1cn(Cc2nc(C)cs2)nn1. The molecule has 0 fully saturated rings. The standard InChI is InChI=1S/C10H15N5S/c1-3-11-4-9-5-15(14-13-9)6-10-12-8(2)7-16-10/h5,7,11H,3-4,6H2,1-2H3. The lowest BCUT2D eigenvalue weighted by molar-refractivity contribution is 0.644. The third-order valence-electron chi connectivity index (χ3n) is 2.11. The topological polar surface area (TPSA) is 55.6 Å². The van der Waals surface area contributed by atoms with Crippen molar-refractivity contribution in [3.8, 4) is 0 Å². The Bertz CT molecular complexity index is 448. The van der Waals surface area contributed by atoms with Crippen molar-refractivity contribution in [3.63, 3.8) is 0 Å². The minimum atomic E-state index is 0.706. The summed E-state index contributed by atoms with van der Waals surface area (Å²) in [6, 6.07) is 0. The molecular weight excluding hydrogens is 222 g/mol. The highest BCUT2D eigenvalue weighted by molar-refractivity contribution is 7.09. The zero-order valence-electron chi connectivity index (χ0n) is 9.47. The Morgan fingerprint density at radius 1 is 1.50 bits per heavy atom. The number of rotatable bonds is 5. The monoisotopic (exact) mass is 237 g/mol. The molecule has 0 aliphatic carbocycles. The van der Waals surface area contributed by atoms with Gasteiger partial charge in [0.1, 0.15) is 5.01 Å². The van der Waals surface area contributed by atoms with Gasteiger partial charge in [0.05, 0.1) is 18.4 Å². The summed E-state index contributed by atoms with van der Waals surface area (Å²) in [6.07, 6.45) is 1.96. The average Bonchev–Trinajstić information content (AvgIpc) is 2.86. The lowest BCUT2D eigenvalue weighted by atomic mass is 10.4. The van der Waals surface area contributed by atoms with Crippen molar-refractivity contribution < 1.29 is 0 Å². The molecule has 0 bridgehead atoms. The first-order valence-corrected chi connectivity index (χ1v) is 6.16. The van der Waals surface area contributed by atoms with Gasteiger partial charge in [-0.1, -0.05) is 12.1 Å². The molecule has 0 aliphatic heterocycles. The van der Waals surface area contributed by atoms with Crippen molar-refractivity contribution in [2.75, 3.05) is 6.54 Å². The summed E-state index contributed by atoms with van der Waals surface area (Å²) < 4.78 is 1.82. The molecule has 16 heavy (non-hydrogen) atoms. The molecule has 0 saturated heterocycles. The van der Waals surface area contributed by atoms with Crippen LogP contribution < -0.4 is 5.32 Å². The maximum atomic E-state index is 4.39. The number of hydrogen-bond acceptors (Lipinski definition) is 5. The van der Waals surface area contributed by atoms with Gasteiger partial charge >= 0.3 is 0 Å². The molecule has 86 valence electrons. The quantitative estimate of drug-likeness (QED) is 0.849. The fourth-order valence-electron chi connectivity index (χ4n) is 1.36. The van der Waals surface area contributed by atoms with Gasteiger partial charge in [0.15, 0.2) is 0 Å². The summed E-state index contributed by atoms with van der Waals surface area (Å²) >= 11 is 1.66. The van der Waals surface area contributed by atoms with E-state index in [4.69, 9.17) is 0 Å². The number of thiazole rings is 1. The molecule has 2 aromatic rings. The van der Waals surface area contributed by atoms with Crippen LogP contribution in [0.3, 0.4) is 0 Å². The van der Waals surface area contributed by atoms with Crippen molar-refractivity contribution in [3.05, 3.63) is 28.0 Å². The van der Waals surface area contributed by atoms with E-state index >= 15 is 0 Å². The Morgan fingerprint density at radius 3 is 3.06 bits per heavy atom. The van der Waals surface area contributed by atoms with Gasteiger partial charge in [-0.15, -0.1) is 16.4 Å². The molecule has 6 heteroatoms. The van der Waals surface area contributed by atoms with Crippen LogP contribution in [0.2, 0.25) is 0 Å². The third kappa shape index (κ3) is 2.86. The minimum Gasteiger partial charge on any atom is -0.311 e. The molecule has 0 amide bonds. The van der Waals surface area contributed by atoms with Crippen molar-refractivity contribution >= 4 is 11.3 Å². The number of aromatic nitrogens is 4. The summed E-state index contributed by atoms with van der Waals surface area (Å²) in [5.74, 6) is 0. The molecule has 0 aliphatic rings. The molecule has 0 spiro atoms. The molecule has 2 rings (SSSR count). The van der Waals surface area contributed by atoms with Crippen LogP contribution in [0.15, 0.2) is 11.6 Å². The van der Waals surface area contributed by atoms with Crippen LogP contribution in [0.5, 0.6) is 0 Å². The van der Waals surface area contributed by atoms with Crippen LogP contribution in [0.25, 0.3) is 0 Å². The number of aryl methyl sites for hydroxylation is 1. The summed E-state index contributed by atoms with van der Waals surface area (Å²) in [5, 5.41) is 14.5. The maximum Gasteiger partial charge on any atom is 0.114 e. The Kier molecular flexibility index (Phi) is 3.63. The van der Waals surface area contributed by atoms with Crippen LogP contribution >= 0.6 is 11.3 Å². The highest BCUT2D eigenvalue weighted by Crippen LogP contribution is 2.09. The van der Waals surface area contributed by atoms with Gasteiger partial charge in [-0.3, -0.25) is 0 Å². The summed E-state index contributed by atoms with van der Waals surface area (Å²) in [6.45, 7) is 6.49. The van der Waals surface area contributed by atoms with Gasteiger partial charge in [0, 0.05) is 17.6 Å². The summed E-state index contributed by atoms with van der Waals surface area (Å²) in [7, 11) is 0. The first kappa shape index (κ1) is 11.2. The molecule has 0 radical (unpaired) electrons. The van der Waals surface area contributed by atoms with E-state index in [0.29, 0.717) is 6.54 Å². The van der Waals surface area contributed by atoms with Crippen molar-refractivity contribution in [2.45, 2.75) is 26.9 Å². The van der Waals surface area contributed by atoms with Crippen LogP contribution in [-0.4, -0.2) is 26.5 Å². The molecule has 5 nitrogen and oxygen atoms in total. The Hall–Kier alpha value is -1.27. The second-order valence-corrected chi connectivity index (χ2v) is 4.51. The number of nitrogens with one attached hydrogen (secondary N) is 1. The highest BCUT2D eigenvalue weighted by atomic mass is 32.1. The summed E-state index contributed by atoms with van der Waals surface area (Å²) in [4.78, 5) is 4.39. The van der Waals surface area contributed by atoms with E-state index in [1.165, 1.54) is 0 Å². The van der Waals surface area contributed by atoms with E-state index in [-0.39, 0.29) is 0 Å². The predicted molar refractivity (Wildman–Crippen MR) is 63.4 cm³/mol. The fourth-order valence-corrected chi connectivity index (χ4v) is 2.13. The molecule has 0 unspecified atom stereocenters. The van der Waals surface area contributed by atoms with Gasteiger partial charge in [0.2, 0.25) is 0 Å². The maximum absolute atomic E-state index is 4.39. The first-order valence-electron chi connectivity index (χ1n) is 5.28. The molecule has 0 saturated carbocycles. The van der Waals surface area contributed by atoms with Crippen molar-refractivity contribution in [1.29, 1.82) is 0 Å². The van der Waals surface area contributed by atoms with Gasteiger partial charge in [0.25, 0.3) is 0 Å². The van der Waals surface area contributed by atoms with E-state index in [0.717, 1.165) is 29.5 Å². The fraction of sp³-hybridized carbons (Fsp3) is 0.500. The Morgan fingerprint density at radius 2 is 2.38 bits per heavy atom. The lowest BCUT2D eigenvalue weighted by Gasteiger charge is -1.95. The Labute approximate surface area is 98.5 Å². The van der Waals surface area contributed by atoms with Gasteiger partial charge < -0.3 is 5.32 Å². The van der Waals surface area contributed by atoms with Crippen molar-refractivity contribution in [2.24, 2.45) is 0 Å². The highest BCUT2D eigenvalue weighted by Gasteiger charge is 2.03. The average molecular weight is 237 g/mol. The lowest BCUT2D eigenvalue weighted by Crippen LogP contribution is -2.11.